The highest BCUT2D eigenvalue weighted by Crippen LogP contribution is 2.11. The van der Waals surface area contributed by atoms with Gasteiger partial charge in [0.25, 0.3) is 5.56 Å². The molecule has 6 heteroatoms. The number of nitrogens with one attached hydrogen (secondary N) is 1. The van der Waals surface area contributed by atoms with Crippen LogP contribution in [0.3, 0.4) is 0 Å². The second-order valence-electron chi connectivity index (χ2n) is 4.56. The largest absolute Gasteiger partial charge is 0.336 e. The highest BCUT2D eigenvalue weighted by atomic mass is 35.5. The number of hydrogen-bond donors (Lipinski definition) is 1. The predicted molar refractivity (Wildman–Crippen MR) is 67.3 cm³/mol. The molecule has 0 unspecified atom stereocenters. The lowest BCUT2D eigenvalue weighted by Gasteiger charge is -2.00. The fourth-order valence-electron chi connectivity index (χ4n) is 1.60. The summed E-state index contributed by atoms with van der Waals surface area (Å²) in [6.45, 7) is 4.30. The minimum absolute atomic E-state index is 0.157. The molecular formula is C11H15ClN4O. The first kappa shape index (κ1) is 12.1. The fourth-order valence-corrected chi connectivity index (χ4v) is 1.76. The van der Waals surface area contributed by atoms with Crippen LogP contribution in [0.5, 0.6) is 0 Å². The Kier molecular flexibility index (Phi) is 3.19. The summed E-state index contributed by atoms with van der Waals surface area (Å²) in [5.41, 5.74) is 0.635. The van der Waals surface area contributed by atoms with Crippen molar-refractivity contribution in [2.45, 2.75) is 26.7 Å². The monoisotopic (exact) mass is 254 g/mol. The first-order valence-corrected chi connectivity index (χ1v) is 5.98. The summed E-state index contributed by atoms with van der Waals surface area (Å²) in [4.78, 5) is 23.2. The molecule has 0 bridgehead atoms. The Balaban J connectivity index is 2.44. The first-order valence-electron chi connectivity index (χ1n) is 5.60. The lowest BCUT2D eigenvalue weighted by molar-refractivity contribution is 0.577. The van der Waals surface area contributed by atoms with E-state index in [1.165, 1.54) is 4.57 Å². The van der Waals surface area contributed by atoms with Crippen molar-refractivity contribution in [1.82, 2.24) is 19.5 Å². The quantitative estimate of drug-likeness (QED) is 0.851. The molecule has 0 aliphatic carbocycles. The Bertz CT molecular complexity index is 599. The summed E-state index contributed by atoms with van der Waals surface area (Å²) < 4.78 is 1.30. The number of nitrogens with zero attached hydrogens (tertiary/aromatic N) is 3. The highest BCUT2D eigenvalue weighted by Gasteiger charge is 2.11. The second-order valence-corrected chi connectivity index (χ2v) is 4.90. The van der Waals surface area contributed by atoms with Gasteiger partial charge in [-0.2, -0.15) is 4.98 Å². The lowest BCUT2D eigenvalue weighted by Crippen LogP contribution is -2.18. The summed E-state index contributed by atoms with van der Waals surface area (Å²) in [7, 11) is 1.59. The molecule has 17 heavy (non-hydrogen) atoms. The van der Waals surface area contributed by atoms with E-state index in [2.05, 4.69) is 28.8 Å². The third-order valence-electron chi connectivity index (χ3n) is 2.69. The van der Waals surface area contributed by atoms with E-state index in [1.807, 2.05) is 0 Å². The molecule has 0 fully saturated rings. The van der Waals surface area contributed by atoms with Crippen LogP contribution < -0.4 is 5.56 Å². The molecule has 5 nitrogen and oxygen atoms in total. The molecule has 2 heterocycles. The minimum Gasteiger partial charge on any atom is -0.336 e. The second kappa shape index (κ2) is 4.49. The van der Waals surface area contributed by atoms with Gasteiger partial charge in [0, 0.05) is 13.5 Å². The zero-order chi connectivity index (χ0) is 12.6. The SMILES string of the molecule is CC(C)CCc1nc2nc(Cl)n(C)c(=O)c2[nH]1. The van der Waals surface area contributed by atoms with Gasteiger partial charge in [-0.3, -0.25) is 9.36 Å². The van der Waals surface area contributed by atoms with Crippen molar-refractivity contribution in [3.8, 4) is 0 Å². The maximum atomic E-state index is 11.9. The molecular weight excluding hydrogens is 240 g/mol. The zero-order valence-electron chi connectivity index (χ0n) is 10.1. The molecule has 0 amide bonds. The maximum Gasteiger partial charge on any atom is 0.280 e. The van der Waals surface area contributed by atoms with E-state index in [9.17, 15) is 4.79 Å². The van der Waals surface area contributed by atoms with Crippen LogP contribution in [-0.4, -0.2) is 19.5 Å². The van der Waals surface area contributed by atoms with Gasteiger partial charge in [0.2, 0.25) is 5.28 Å². The van der Waals surface area contributed by atoms with Crippen LogP contribution in [0, 0.1) is 5.92 Å². The average Bonchev–Trinajstić information content (AvgIpc) is 2.66. The van der Waals surface area contributed by atoms with Crippen LogP contribution in [0.15, 0.2) is 4.79 Å². The van der Waals surface area contributed by atoms with Gasteiger partial charge in [-0.05, 0) is 23.9 Å². The summed E-state index contributed by atoms with van der Waals surface area (Å²) in [5, 5.41) is 0.157. The molecule has 0 saturated heterocycles. The predicted octanol–water partition coefficient (Wildman–Crippen LogP) is 1.90. The Labute approximate surface area is 104 Å². The van der Waals surface area contributed by atoms with Crippen molar-refractivity contribution in [3.05, 3.63) is 21.5 Å². The third kappa shape index (κ3) is 2.34. The summed E-state index contributed by atoms with van der Waals surface area (Å²) >= 11 is 5.83. The summed E-state index contributed by atoms with van der Waals surface area (Å²) in [6, 6.07) is 0. The van der Waals surface area contributed by atoms with Crippen LogP contribution in [0.4, 0.5) is 0 Å². The van der Waals surface area contributed by atoms with Gasteiger partial charge < -0.3 is 4.98 Å². The number of hydrogen-bond acceptors (Lipinski definition) is 3. The molecule has 2 aromatic heterocycles. The topological polar surface area (TPSA) is 63.6 Å². The smallest absolute Gasteiger partial charge is 0.280 e. The van der Waals surface area contributed by atoms with Gasteiger partial charge >= 0.3 is 0 Å². The van der Waals surface area contributed by atoms with Gasteiger partial charge in [-0.1, -0.05) is 13.8 Å². The van der Waals surface area contributed by atoms with Crippen LogP contribution in [-0.2, 0) is 13.5 Å². The molecule has 0 atom stereocenters. The molecule has 2 rings (SSSR count). The van der Waals surface area contributed by atoms with Crippen molar-refractivity contribution >= 4 is 22.8 Å². The molecule has 2 aromatic rings. The van der Waals surface area contributed by atoms with E-state index in [0.29, 0.717) is 17.1 Å². The van der Waals surface area contributed by atoms with E-state index >= 15 is 0 Å². The number of aryl methyl sites for hydroxylation is 1. The Morgan fingerprint density at radius 2 is 2.12 bits per heavy atom. The van der Waals surface area contributed by atoms with Gasteiger partial charge in [-0.15, -0.1) is 0 Å². The van der Waals surface area contributed by atoms with E-state index in [1.54, 1.807) is 7.05 Å². The minimum atomic E-state index is -0.191. The van der Waals surface area contributed by atoms with Crippen molar-refractivity contribution in [1.29, 1.82) is 0 Å². The molecule has 0 saturated carbocycles. The average molecular weight is 255 g/mol. The van der Waals surface area contributed by atoms with Crippen molar-refractivity contribution in [2.24, 2.45) is 13.0 Å². The first-order chi connectivity index (χ1) is 7.99. The Morgan fingerprint density at radius 3 is 2.76 bits per heavy atom. The van der Waals surface area contributed by atoms with Gasteiger partial charge in [0.15, 0.2) is 11.2 Å². The van der Waals surface area contributed by atoms with Crippen LogP contribution in [0.2, 0.25) is 5.28 Å². The van der Waals surface area contributed by atoms with Crippen molar-refractivity contribution in [3.63, 3.8) is 0 Å². The van der Waals surface area contributed by atoms with E-state index in [-0.39, 0.29) is 10.8 Å². The van der Waals surface area contributed by atoms with Crippen LogP contribution in [0.1, 0.15) is 26.1 Å². The van der Waals surface area contributed by atoms with Gasteiger partial charge in [0.1, 0.15) is 5.82 Å². The third-order valence-corrected chi connectivity index (χ3v) is 3.02. The van der Waals surface area contributed by atoms with Gasteiger partial charge in [0.05, 0.1) is 0 Å². The fraction of sp³-hybridized carbons (Fsp3) is 0.545. The number of aromatic nitrogens is 4. The highest BCUT2D eigenvalue weighted by molar-refractivity contribution is 6.28. The number of aromatic amines is 1. The van der Waals surface area contributed by atoms with Crippen molar-refractivity contribution in [2.75, 3.05) is 0 Å². The summed E-state index contributed by atoms with van der Waals surface area (Å²) in [5.74, 6) is 1.39. The lowest BCUT2D eigenvalue weighted by atomic mass is 10.1. The molecule has 0 radical (unpaired) electrons. The zero-order valence-corrected chi connectivity index (χ0v) is 10.9. The van der Waals surface area contributed by atoms with Crippen LogP contribution in [0.25, 0.3) is 11.2 Å². The molecule has 0 aliphatic rings. The standard InChI is InChI=1S/C11H15ClN4O/c1-6(2)4-5-7-13-8-9(14-7)15-11(12)16(3)10(8)17/h6H,4-5H2,1-3H3,(H,13,14). The number of H-pyrrole nitrogens is 1. The van der Waals surface area contributed by atoms with Crippen molar-refractivity contribution < 1.29 is 0 Å². The van der Waals surface area contributed by atoms with Gasteiger partial charge in [-0.25, -0.2) is 4.98 Å². The summed E-state index contributed by atoms with van der Waals surface area (Å²) in [6.07, 6.45) is 1.84. The Hall–Kier alpha value is -1.36. The molecule has 0 aromatic carbocycles. The molecule has 92 valence electrons. The van der Waals surface area contributed by atoms with E-state index < -0.39 is 0 Å². The Morgan fingerprint density at radius 1 is 1.41 bits per heavy atom. The number of halogens is 1. The van der Waals surface area contributed by atoms with Crippen LogP contribution >= 0.6 is 11.6 Å². The molecule has 1 N–H and O–H groups in total. The maximum absolute atomic E-state index is 11.9. The molecule has 0 aliphatic heterocycles. The normalized spacial score (nSPS) is 11.6. The number of fused-ring (bicyclic) bond motifs is 1. The van der Waals surface area contributed by atoms with E-state index in [4.69, 9.17) is 11.6 Å². The van der Waals surface area contributed by atoms with E-state index in [0.717, 1.165) is 18.7 Å². The number of imidazole rings is 1. The number of rotatable bonds is 3. The molecule has 0 spiro atoms.